The number of rotatable bonds is 5. The van der Waals surface area contributed by atoms with Gasteiger partial charge in [-0.05, 0) is 18.2 Å². The molecule has 0 aliphatic heterocycles. The molecule has 0 spiro atoms. The number of benzene rings is 1. The minimum Gasteiger partial charge on any atom is -0.446 e. The summed E-state index contributed by atoms with van der Waals surface area (Å²) in [6, 6.07) is 4.37. The fraction of sp³-hybridized carbons (Fsp3) is 0.200. The standard InChI is InChI=1S/C10H10Cl2N2O7S/c11-7-2-1-6(5-8(7)12)13-9(15)20-3-4-21-10(16)14-22(17,18)19/h1-2,5H,3-4H2,(H,13,15)(H,14,16)(H,17,18,19). The summed E-state index contributed by atoms with van der Waals surface area (Å²) in [5.41, 5.74) is 0.337. The predicted octanol–water partition coefficient (Wildman–Crippen LogP) is 2.07. The van der Waals surface area contributed by atoms with Gasteiger partial charge in [-0.2, -0.15) is 13.1 Å². The van der Waals surface area contributed by atoms with Crippen LogP contribution in [-0.4, -0.2) is 38.4 Å². The van der Waals surface area contributed by atoms with Gasteiger partial charge in [0.25, 0.3) is 0 Å². The van der Waals surface area contributed by atoms with Crippen LogP contribution < -0.4 is 10.0 Å². The fourth-order valence-corrected chi connectivity index (χ4v) is 1.70. The molecule has 0 saturated heterocycles. The van der Waals surface area contributed by atoms with E-state index >= 15 is 0 Å². The molecule has 12 heteroatoms. The zero-order chi connectivity index (χ0) is 16.8. The van der Waals surface area contributed by atoms with E-state index in [4.69, 9.17) is 27.8 Å². The highest BCUT2D eigenvalue weighted by molar-refractivity contribution is 7.84. The number of carbonyl (C=O) groups excluding carboxylic acids is 2. The van der Waals surface area contributed by atoms with Crippen LogP contribution in [-0.2, 0) is 19.8 Å². The number of halogens is 2. The highest BCUT2D eigenvalue weighted by Crippen LogP contribution is 2.24. The first kappa shape index (κ1) is 18.3. The van der Waals surface area contributed by atoms with Crippen LogP contribution >= 0.6 is 23.2 Å². The van der Waals surface area contributed by atoms with Gasteiger partial charge in [-0.25, -0.2) is 9.59 Å². The average Bonchev–Trinajstić information content (AvgIpc) is 2.37. The van der Waals surface area contributed by atoms with Gasteiger partial charge < -0.3 is 9.47 Å². The summed E-state index contributed by atoms with van der Waals surface area (Å²) >= 11 is 11.5. The second-order valence-corrected chi connectivity index (χ2v) is 5.57. The monoisotopic (exact) mass is 372 g/mol. The predicted molar refractivity (Wildman–Crippen MR) is 77.5 cm³/mol. The van der Waals surface area contributed by atoms with Gasteiger partial charge in [0.15, 0.2) is 0 Å². The summed E-state index contributed by atoms with van der Waals surface area (Å²) in [5, 5.41) is 2.90. The minimum absolute atomic E-state index is 0.240. The lowest BCUT2D eigenvalue weighted by molar-refractivity contribution is 0.105. The maximum Gasteiger partial charge on any atom is 0.422 e. The molecule has 0 unspecified atom stereocenters. The molecule has 22 heavy (non-hydrogen) atoms. The Morgan fingerprint density at radius 3 is 2.23 bits per heavy atom. The van der Waals surface area contributed by atoms with Crippen LogP contribution in [0.3, 0.4) is 0 Å². The van der Waals surface area contributed by atoms with Crippen molar-refractivity contribution in [2.24, 2.45) is 0 Å². The molecule has 3 N–H and O–H groups in total. The van der Waals surface area contributed by atoms with Crippen molar-refractivity contribution in [3.8, 4) is 0 Å². The van der Waals surface area contributed by atoms with Gasteiger partial charge >= 0.3 is 22.5 Å². The third-order valence-corrected chi connectivity index (χ3v) is 3.09. The summed E-state index contributed by atoms with van der Waals surface area (Å²) in [7, 11) is -4.69. The second-order valence-electron chi connectivity index (χ2n) is 3.60. The molecule has 0 saturated carbocycles. The van der Waals surface area contributed by atoms with Crippen molar-refractivity contribution >= 4 is 51.4 Å². The lowest BCUT2D eigenvalue weighted by Gasteiger charge is -2.08. The van der Waals surface area contributed by atoms with Crippen molar-refractivity contribution in [2.45, 2.75) is 0 Å². The molecule has 0 aliphatic carbocycles. The van der Waals surface area contributed by atoms with Gasteiger partial charge in [-0.15, -0.1) is 0 Å². The number of ether oxygens (including phenoxy) is 2. The van der Waals surface area contributed by atoms with Crippen molar-refractivity contribution in [1.29, 1.82) is 0 Å². The second kappa shape index (κ2) is 8.03. The Bertz CT molecular complexity index is 665. The summed E-state index contributed by atoms with van der Waals surface area (Å²) < 4.78 is 38.9. The van der Waals surface area contributed by atoms with Crippen molar-refractivity contribution in [1.82, 2.24) is 4.72 Å². The highest BCUT2D eigenvalue weighted by Gasteiger charge is 2.11. The Morgan fingerprint density at radius 1 is 1.09 bits per heavy atom. The van der Waals surface area contributed by atoms with Crippen molar-refractivity contribution in [2.75, 3.05) is 18.5 Å². The van der Waals surface area contributed by atoms with E-state index in [0.29, 0.717) is 10.7 Å². The molecule has 0 heterocycles. The van der Waals surface area contributed by atoms with E-state index in [-0.39, 0.29) is 11.6 Å². The Labute approximate surface area is 135 Å². The number of nitrogens with one attached hydrogen (secondary N) is 2. The first-order valence-electron chi connectivity index (χ1n) is 5.48. The molecule has 0 bridgehead atoms. The van der Waals surface area contributed by atoms with Crippen LogP contribution in [0.4, 0.5) is 15.3 Å². The van der Waals surface area contributed by atoms with Crippen molar-refractivity contribution < 1.29 is 32.0 Å². The highest BCUT2D eigenvalue weighted by atomic mass is 35.5. The van der Waals surface area contributed by atoms with Crippen LogP contribution in [0.15, 0.2) is 18.2 Å². The Kier molecular flexibility index (Phi) is 6.68. The van der Waals surface area contributed by atoms with Gasteiger partial charge in [0.2, 0.25) is 0 Å². The largest absolute Gasteiger partial charge is 0.446 e. The van der Waals surface area contributed by atoms with Crippen LogP contribution in [0.2, 0.25) is 10.0 Å². The Hall–Kier alpha value is -1.75. The summed E-state index contributed by atoms with van der Waals surface area (Å²) in [6.45, 7) is -0.762. The van der Waals surface area contributed by atoms with Gasteiger partial charge in [0.05, 0.1) is 10.0 Å². The summed E-state index contributed by atoms with van der Waals surface area (Å²) in [6.07, 6.45) is -2.26. The molecule has 9 nitrogen and oxygen atoms in total. The first-order valence-corrected chi connectivity index (χ1v) is 7.68. The number of hydrogen-bond donors (Lipinski definition) is 3. The third kappa shape index (κ3) is 7.31. The molecule has 0 aromatic heterocycles. The average molecular weight is 373 g/mol. The van der Waals surface area contributed by atoms with Gasteiger partial charge in [0.1, 0.15) is 13.2 Å². The quantitative estimate of drug-likeness (QED) is 0.532. The molecule has 122 valence electrons. The number of anilines is 1. The van der Waals surface area contributed by atoms with Crippen LogP contribution in [0.1, 0.15) is 0 Å². The van der Waals surface area contributed by atoms with Crippen LogP contribution in [0.25, 0.3) is 0 Å². The summed E-state index contributed by atoms with van der Waals surface area (Å²) in [4.78, 5) is 22.2. The molecule has 0 atom stereocenters. The third-order valence-electron chi connectivity index (χ3n) is 1.93. The van der Waals surface area contributed by atoms with E-state index in [1.54, 1.807) is 0 Å². The molecule has 1 rings (SSSR count). The topological polar surface area (TPSA) is 131 Å². The fourth-order valence-electron chi connectivity index (χ4n) is 1.13. The van der Waals surface area contributed by atoms with E-state index in [9.17, 15) is 18.0 Å². The van der Waals surface area contributed by atoms with Crippen LogP contribution in [0, 0.1) is 0 Å². The Morgan fingerprint density at radius 2 is 1.68 bits per heavy atom. The number of carbonyl (C=O) groups is 2. The molecular formula is C10H10Cl2N2O7S. The molecule has 1 aromatic carbocycles. The smallest absolute Gasteiger partial charge is 0.422 e. The van der Waals surface area contributed by atoms with E-state index in [1.165, 1.54) is 18.2 Å². The summed E-state index contributed by atoms with van der Waals surface area (Å²) in [5.74, 6) is 0. The SMILES string of the molecule is O=C(Nc1ccc(Cl)c(Cl)c1)OCCOC(=O)NS(=O)(=O)O. The van der Waals surface area contributed by atoms with Gasteiger partial charge in [-0.1, -0.05) is 23.2 Å². The van der Waals surface area contributed by atoms with E-state index in [0.717, 1.165) is 4.72 Å². The number of hydrogen-bond acceptors (Lipinski definition) is 6. The number of amides is 2. The molecule has 0 fully saturated rings. The first-order chi connectivity index (χ1) is 10.2. The van der Waals surface area contributed by atoms with E-state index in [1.807, 2.05) is 0 Å². The van der Waals surface area contributed by atoms with Crippen LogP contribution in [0.5, 0.6) is 0 Å². The molecular weight excluding hydrogens is 363 g/mol. The van der Waals surface area contributed by atoms with Gasteiger partial charge in [-0.3, -0.25) is 9.87 Å². The normalized spacial score (nSPS) is 10.7. The minimum atomic E-state index is -4.69. The Balaban J connectivity index is 2.29. The van der Waals surface area contributed by atoms with Crippen molar-refractivity contribution in [3.05, 3.63) is 28.2 Å². The maximum absolute atomic E-state index is 11.4. The van der Waals surface area contributed by atoms with Crippen molar-refractivity contribution in [3.63, 3.8) is 0 Å². The lowest BCUT2D eigenvalue weighted by atomic mass is 10.3. The zero-order valence-corrected chi connectivity index (χ0v) is 13.0. The maximum atomic E-state index is 11.4. The molecule has 0 aliphatic rings. The van der Waals surface area contributed by atoms with E-state index < -0.39 is 29.1 Å². The van der Waals surface area contributed by atoms with Gasteiger partial charge in [0, 0.05) is 5.69 Å². The molecule has 1 aromatic rings. The zero-order valence-electron chi connectivity index (χ0n) is 10.7. The molecule has 2 amide bonds. The molecule has 0 radical (unpaired) electrons. The van der Waals surface area contributed by atoms with E-state index in [2.05, 4.69) is 14.8 Å². The lowest BCUT2D eigenvalue weighted by Crippen LogP contribution is -2.31.